The van der Waals surface area contributed by atoms with Crippen LogP contribution in [0, 0.1) is 0 Å². The van der Waals surface area contributed by atoms with E-state index < -0.39 is 0 Å². The molecule has 0 radical (unpaired) electrons. The second-order valence-electron chi connectivity index (χ2n) is 10.6. The van der Waals surface area contributed by atoms with E-state index in [2.05, 4.69) is 103 Å². The predicted molar refractivity (Wildman–Crippen MR) is 169 cm³/mol. The smallest absolute Gasteiger partial charge is 0.0416 e. The van der Waals surface area contributed by atoms with Crippen molar-refractivity contribution in [1.29, 1.82) is 0 Å². The zero-order valence-corrected chi connectivity index (χ0v) is 24.3. The highest BCUT2D eigenvalue weighted by atomic mass is 15.1. The molecule has 4 heterocycles. The molecule has 0 N–H and O–H groups in total. The summed E-state index contributed by atoms with van der Waals surface area (Å²) in [5.41, 5.74) is 7.26. The van der Waals surface area contributed by atoms with Crippen molar-refractivity contribution in [2.24, 2.45) is 0 Å². The number of rotatable bonds is 16. The number of aromatic nitrogens is 4. The van der Waals surface area contributed by atoms with E-state index in [1.54, 1.807) is 0 Å². The molecule has 0 atom stereocenters. The van der Waals surface area contributed by atoms with E-state index in [0.29, 0.717) is 0 Å². The van der Waals surface area contributed by atoms with E-state index in [9.17, 15) is 0 Å². The van der Waals surface area contributed by atoms with Crippen LogP contribution in [0.1, 0.15) is 33.9 Å². The SMILES string of the molecule is c1ccc(CCN(CCc2ccccn2)Cc2ccccc2CN(CCc2ccccn2)CCc2ccccn2)nc1. The Hall–Kier alpha value is -4.26. The van der Waals surface area contributed by atoms with Gasteiger partial charge in [-0.05, 0) is 59.7 Å². The highest BCUT2D eigenvalue weighted by Gasteiger charge is 2.14. The lowest BCUT2D eigenvalue weighted by Crippen LogP contribution is -2.31. The van der Waals surface area contributed by atoms with Crippen LogP contribution in [0.4, 0.5) is 0 Å². The predicted octanol–water partition coefficient (Wildman–Crippen LogP) is 5.84. The van der Waals surface area contributed by atoms with Crippen LogP contribution in [0.3, 0.4) is 0 Å². The minimum Gasteiger partial charge on any atom is -0.298 e. The second kappa shape index (κ2) is 16.2. The molecule has 214 valence electrons. The van der Waals surface area contributed by atoms with Crippen molar-refractivity contribution in [3.05, 3.63) is 156 Å². The molecule has 0 saturated carbocycles. The highest BCUT2D eigenvalue weighted by Crippen LogP contribution is 2.17. The molecular weight excluding hydrogens is 516 g/mol. The molecule has 0 bridgehead atoms. The largest absolute Gasteiger partial charge is 0.298 e. The molecule has 0 fully saturated rings. The standard InChI is InChI=1S/C36H40N6/c1-2-12-32(30-42(27-19-35-15-5-9-23-39-35)28-20-36-16-6-10-24-40-36)31(11-1)29-41(25-17-33-13-3-7-21-37-33)26-18-34-14-4-8-22-38-34/h1-16,21-24H,17-20,25-30H2. The molecule has 0 saturated heterocycles. The first-order valence-electron chi connectivity index (χ1n) is 14.9. The average molecular weight is 557 g/mol. The summed E-state index contributed by atoms with van der Waals surface area (Å²) >= 11 is 0. The Morgan fingerprint density at radius 1 is 0.357 bits per heavy atom. The maximum atomic E-state index is 4.57. The Bertz CT molecular complexity index is 1230. The van der Waals surface area contributed by atoms with Crippen molar-refractivity contribution in [3.63, 3.8) is 0 Å². The van der Waals surface area contributed by atoms with Crippen molar-refractivity contribution in [2.75, 3.05) is 26.2 Å². The number of hydrogen-bond donors (Lipinski definition) is 0. The zero-order chi connectivity index (χ0) is 28.7. The zero-order valence-electron chi connectivity index (χ0n) is 24.3. The number of benzene rings is 1. The van der Waals surface area contributed by atoms with Crippen LogP contribution in [0.15, 0.2) is 122 Å². The summed E-state index contributed by atoms with van der Waals surface area (Å²) in [6.07, 6.45) is 11.2. The fourth-order valence-corrected chi connectivity index (χ4v) is 5.16. The topological polar surface area (TPSA) is 58.0 Å². The summed E-state index contributed by atoms with van der Waals surface area (Å²) in [5, 5.41) is 0. The van der Waals surface area contributed by atoms with Gasteiger partial charge >= 0.3 is 0 Å². The quantitative estimate of drug-likeness (QED) is 0.152. The lowest BCUT2D eigenvalue weighted by molar-refractivity contribution is 0.256. The minimum atomic E-state index is 0.893. The normalized spacial score (nSPS) is 11.3. The molecular formula is C36H40N6. The van der Waals surface area contributed by atoms with Gasteiger partial charge in [0.1, 0.15) is 0 Å². The third kappa shape index (κ3) is 9.68. The fraction of sp³-hybridized carbons (Fsp3) is 0.278. The van der Waals surface area contributed by atoms with Gasteiger partial charge in [0, 0.05) is 113 Å². The van der Waals surface area contributed by atoms with Crippen molar-refractivity contribution < 1.29 is 0 Å². The molecule has 6 nitrogen and oxygen atoms in total. The van der Waals surface area contributed by atoms with E-state index >= 15 is 0 Å². The first-order valence-corrected chi connectivity index (χ1v) is 14.9. The van der Waals surface area contributed by atoms with Gasteiger partial charge in [0.25, 0.3) is 0 Å². The lowest BCUT2D eigenvalue weighted by atomic mass is 10.0. The summed E-state index contributed by atoms with van der Waals surface area (Å²) in [4.78, 5) is 23.4. The third-order valence-electron chi connectivity index (χ3n) is 7.55. The summed E-state index contributed by atoms with van der Waals surface area (Å²) in [6, 6.07) is 33.6. The molecule has 0 spiro atoms. The van der Waals surface area contributed by atoms with Gasteiger partial charge in [0.05, 0.1) is 0 Å². The van der Waals surface area contributed by atoms with Crippen LogP contribution in [-0.2, 0) is 38.8 Å². The first kappa shape index (κ1) is 29.2. The maximum absolute atomic E-state index is 4.57. The third-order valence-corrected chi connectivity index (χ3v) is 7.55. The van der Waals surface area contributed by atoms with Crippen molar-refractivity contribution in [1.82, 2.24) is 29.7 Å². The highest BCUT2D eigenvalue weighted by molar-refractivity contribution is 5.27. The number of nitrogens with zero attached hydrogens (tertiary/aromatic N) is 6. The Labute approximate surface area is 250 Å². The van der Waals surface area contributed by atoms with E-state index in [0.717, 1.165) is 87.7 Å². The Kier molecular flexibility index (Phi) is 11.3. The summed E-state index contributed by atoms with van der Waals surface area (Å²) in [5.74, 6) is 0. The van der Waals surface area contributed by atoms with Gasteiger partial charge in [0.2, 0.25) is 0 Å². The van der Waals surface area contributed by atoms with E-state index in [1.807, 2.05) is 49.1 Å². The molecule has 0 unspecified atom stereocenters. The van der Waals surface area contributed by atoms with E-state index in [-0.39, 0.29) is 0 Å². The van der Waals surface area contributed by atoms with Crippen molar-refractivity contribution in [3.8, 4) is 0 Å². The van der Waals surface area contributed by atoms with Crippen LogP contribution < -0.4 is 0 Å². The monoisotopic (exact) mass is 556 g/mol. The van der Waals surface area contributed by atoms with Gasteiger partial charge in [0.15, 0.2) is 0 Å². The average Bonchev–Trinajstić information content (AvgIpc) is 3.06. The molecule has 5 rings (SSSR count). The molecule has 42 heavy (non-hydrogen) atoms. The minimum absolute atomic E-state index is 0.893. The van der Waals surface area contributed by atoms with Crippen LogP contribution in [-0.4, -0.2) is 55.9 Å². The Morgan fingerprint density at radius 3 is 0.905 bits per heavy atom. The Balaban J connectivity index is 1.29. The van der Waals surface area contributed by atoms with Gasteiger partial charge in [-0.1, -0.05) is 48.5 Å². The molecule has 0 amide bonds. The lowest BCUT2D eigenvalue weighted by Gasteiger charge is -2.26. The van der Waals surface area contributed by atoms with Crippen LogP contribution in [0.2, 0.25) is 0 Å². The molecule has 1 aromatic carbocycles. The van der Waals surface area contributed by atoms with E-state index in [4.69, 9.17) is 0 Å². The Morgan fingerprint density at radius 2 is 0.643 bits per heavy atom. The van der Waals surface area contributed by atoms with Crippen molar-refractivity contribution >= 4 is 0 Å². The molecule has 0 aliphatic carbocycles. The van der Waals surface area contributed by atoms with Gasteiger partial charge in [-0.2, -0.15) is 0 Å². The van der Waals surface area contributed by atoms with Gasteiger partial charge in [-0.25, -0.2) is 0 Å². The number of hydrogen-bond acceptors (Lipinski definition) is 6. The number of pyridine rings is 4. The summed E-state index contributed by atoms with van der Waals surface area (Å²) in [7, 11) is 0. The molecule has 0 aliphatic rings. The van der Waals surface area contributed by atoms with Gasteiger partial charge in [-0.3, -0.25) is 29.7 Å². The summed E-state index contributed by atoms with van der Waals surface area (Å²) in [6.45, 7) is 5.57. The fourth-order valence-electron chi connectivity index (χ4n) is 5.16. The van der Waals surface area contributed by atoms with Gasteiger partial charge in [-0.15, -0.1) is 0 Å². The molecule has 6 heteroatoms. The van der Waals surface area contributed by atoms with Crippen LogP contribution in [0.25, 0.3) is 0 Å². The van der Waals surface area contributed by atoms with Gasteiger partial charge < -0.3 is 0 Å². The molecule has 0 aliphatic heterocycles. The first-order chi connectivity index (χ1) is 20.8. The summed E-state index contributed by atoms with van der Waals surface area (Å²) < 4.78 is 0. The molecule has 5 aromatic rings. The van der Waals surface area contributed by atoms with E-state index in [1.165, 1.54) is 11.1 Å². The van der Waals surface area contributed by atoms with Crippen LogP contribution in [0.5, 0.6) is 0 Å². The second-order valence-corrected chi connectivity index (χ2v) is 10.6. The van der Waals surface area contributed by atoms with Crippen molar-refractivity contribution in [2.45, 2.75) is 38.8 Å². The molecule has 4 aromatic heterocycles. The van der Waals surface area contributed by atoms with Crippen LogP contribution >= 0.6 is 0 Å². The maximum Gasteiger partial charge on any atom is 0.0416 e.